The van der Waals surface area contributed by atoms with Crippen LogP contribution in [0.3, 0.4) is 0 Å². The van der Waals surface area contributed by atoms with Crippen LogP contribution in [0.1, 0.15) is 31.9 Å². The van der Waals surface area contributed by atoms with Crippen LogP contribution in [-0.2, 0) is 17.9 Å². The van der Waals surface area contributed by atoms with Crippen molar-refractivity contribution in [3.05, 3.63) is 59.7 Å². The lowest BCUT2D eigenvalue weighted by molar-refractivity contribution is -0.124. The molecule has 27 heavy (non-hydrogen) atoms. The number of amides is 1. The highest BCUT2D eigenvalue weighted by Gasteiger charge is 2.15. The van der Waals surface area contributed by atoms with Crippen LogP contribution in [0.25, 0.3) is 0 Å². The first-order valence-electron chi connectivity index (χ1n) is 8.73. The Hall–Kier alpha value is -2.24. The number of carbonyl (C=O) groups is 1. The highest BCUT2D eigenvalue weighted by Crippen LogP contribution is 2.28. The van der Waals surface area contributed by atoms with E-state index in [2.05, 4.69) is 22.8 Å². The quantitative estimate of drug-likeness (QED) is 0.719. The number of nitrogens with one attached hydrogen (secondary N) is 2. The van der Waals surface area contributed by atoms with E-state index in [-0.39, 0.29) is 30.5 Å². The maximum atomic E-state index is 11.9. The minimum atomic E-state index is -0.279. The number of hydrogen-bond acceptors (Lipinski definition) is 4. The molecule has 148 valence electrons. The smallest absolute Gasteiger partial charge is 0.258 e. The van der Waals surface area contributed by atoms with Crippen molar-refractivity contribution in [3.63, 3.8) is 0 Å². The highest BCUT2D eigenvalue weighted by atomic mass is 35.5. The summed E-state index contributed by atoms with van der Waals surface area (Å²) in [6.45, 7) is 7.28. The van der Waals surface area contributed by atoms with Crippen LogP contribution >= 0.6 is 12.4 Å². The molecule has 6 heteroatoms. The lowest BCUT2D eigenvalue weighted by Crippen LogP contribution is -2.43. The van der Waals surface area contributed by atoms with Crippen LogP contribution in [0, 0.1) is 0 Å². The number of ether oxygens (including phenoxy) is 2. The van der Waals surface area contributed by atoms with E-state index in [0.717, 1.165) is 18.7 Å². The van der Waals surface area contributed by atoms with Gasteiger partial charge >= 0.3 is 0 Å². The maximum absolute atomic E-state index is 11.9. The number of rotatable bonds is 8. The van der Waals surface area contributed by atoms with E-state index in [9.17, 15) is 4.79 Å². The van der Waals surface area contributed by atoms with E-state index in [0.29, 0.717) is 11.5 Å². The molecule has 0 radical (unpaired) electrons. The van der Waals surface area contributed by atoms with Crippen molar-refractivity contribution in [2.45, 2.75) is 39.4 Å². The predicted octanol–water partition coefficient (Wildman–Crippen LogP) is 3.70. The first kappa shape index (κ1) is 22.8. The third kappa shape index (κ3) is 8.33. The summed E-state index contributed by atoms with van der Waals surface area (Å²) in [6, 6.07) is 16.0. The predicted molar refractivity (Wildman–Crippen MR) is 111 cm³/mol. The SMILES string of the molecule is COc1cc(CNCc2ccccc2)ccc1OCC(=O)NC(C)(C)C.Cl. The molecule has 0 spiro atoms. The Kier molecular flexibility index (Phi) is 9.12. The van der Waals surface area contributed by atoms with Gasteiger partial charge in [-0.3, -0.25) is 4.79 Å². The van der Waals surface area contributed by atoms with Crippen LogP contribution in [0.15, 0.2) is 48.5 Å². The van der Waals surface area contributed by atoms with Crippen LogP contribution < -0.4 is 20.1 Å². The van der Waals surface area contributed by atoms with Crippen molar-refractivity contribution in [2.75, 3.05) is 13.7 Å². The zero-order valence-electron chi connectivity index (χ0n) is 16.4. The van der Waals surface area contributed by atoms with Crippen molar-refractivity contribution < 1.29 is 14.3 Å². The second-order valence-electron chi connectivity index (χ2n) is 7.16. The minimum Gasteiger partial charge on any atom is -0.493 e. The van der Waals surface area contributed by atoms with Gasteiger partial charge in [-0.2, -0.15) is 0 Å². The lowest BCUT2D eigenvalue weighted by atomic mass is 10.1. The molecule has 0 aliphatic rings. The number of methoxy groups -OCH3 is 1. The molecule has 0 saturated carbocycles. The number of carbonyl (C=O) groups excluding carboxylic acids is 1. The van der Waals surface area contributed by atoms with E-state index in [1.807, 2.05) is 57.2 Å². The third-order valence-electron chi connectivity index (χ3n) is 3.60. The first-order valence-corrected chi connectivity index (χ1v) is 8.73. The summed E-state index contributed by atoms with van der Waals surface area (Å²) in [5.74, 6) is 1.02. The van der Waals surface area contributed by atoms with Gasteiger partial charge in [0.1, 0.15) is 0 Å². The van der Waals surface area contributed by atoms with Gasteiger partial charge in [0.2, 0.25) is 0 Å². The number of hydrogen-bond donors (Lipinski definition) is 2. The van der Waals surface area contributed by atoms with Crippen molar-refractivity contribution in [3.8, 4) is 11.5 Å². The molecule has 1 amide bonds. The Bertz CT molecular complexity index is 715. The molecule has 0 atom stereocenters. The molecular formula is C21H29ClN2O3. The summed E-state index contributed by atoms with van der Waals surface area (Å²) in [6.07, 6.45) is 0. The largest absolute Gasteiger partial charge is 0.493 e. The molecule has 0 bridgehead atoms. The molecule has 2 aromatic rings. The Morgan fingerprint density at radius 3 is 2.26 bits per heavy atom. The van der Waals surface area contributed by atoms with Gasteiger partial charge in [0.25, 0.3) is 5.91 Å². The third-order valence-corrected chi connectivity index (χ3v) is 3.60. The Morgan fingerprint density at radius 2 is 1.63 bits per heavy atom. The van der Waals surface area contributed by atoms with E-state index in [4.69, 9.17) is 9.47 Å². The average Bonchev–Trinajstić information content (AvgIpc) is 2.60. The zero-order chi connectivity index (χ0) is 19.0. The van der Waals surface area contributed by atoms with E-state index >= 15 is 0 Å². The molecule has 2 rings (SSSR count). The zero-order valence-corrected chi connectivity index (χ0v) is 17.2. The first-order chi connectivity index (χ1) is 12.4. The van der Waals surface area contributed by atoms with Gasteiger partial charge < -0.3 is 20.1 Å². The standard InChI is InChI=1S/C21H28N2O3.ClH/c1-21(2,3)23-20(24)15-26-18-11-10-17(12-19(18)25-4)14-22-13-16-8-6-5-7-9-16;/h5-12,22H,13-15H2,1-4H3,(H,23,24);1H. The fourth-order valence-corrected chi connectivity index (χ4v) is 2.49. The monoisotopic (exact) mass is 392 g/mol. The lowest BCUT2D eigenvalue weighted by Gasteiger charge is -2.20. The average molecular weight is 393 g/mol. The molecule has 0 heterocycles. The molecule has 5 nitrogen and oxygen atoms in total. The van der Waals surface area contributed by atoms with E-state index < -0.39 is 0 Å². The van der Waals surface area contributed by atoms with Gasteiger partial charge in [0.15, 0.2) is 18.1 Å². The summed E-state index contributed by atoms with van der Waals surface area (Å²) >= 11 is 0. The van der Waals surface area contributed by atoms with Crippen LogP contribution in [0.5, 0.6) is 11.5 Å². The summed E-state index contributed by atoms with van der Waals surface area (Å²) in [5.41, 5.74) is 2.05. The maximum Gasteiger partial charge on any atom is 0.258 e. The van der Waals surface area contributed by atoms with Gasteiger partial charge in [-0.15, -0.1) is 12.4 Å². The topological polar surface area (TPSA) is 59.6 Å². The molecule has 0 unspecified atom stereocenters. The Balaban J connectivity index is 0.00000364. The molecule has 0 fully saturated rings. The summed E-state index contributed by atoms with van der Waals surface area (Å²) in [4.78, 5) is 11.9. The molecule has 2 N–H and O–H groups in total. The van der Waals surface area contributed by atoms with Crippen LogP contribution in [-0.4, -0.2) is 25.2 Å². The molecule has 0 aromatic heterocycles. The van der Waals surface area contributed by atoms with Gasteiger partial charge in [-0.05, 0) is 44.0 Å². The Labute approximate surface area is 167 Å². The van der Waals surface area contributed by atoms with E-state index in [1.54, 1.807) is 7.11 Å². The summed E-state index contributed by atoms with van der Waals surface area (Å²) in [7, 11) is 1.60. The van der Waals surface area contributed by atoms with Crippen molar-refractivity contribution in [1.82, 2.24) is 10.6 Å². The fraction of sp³-hybridized carbons (Fsp3) is 0.381. The molecule has 0 saturated heterocycles. The summed E-state index contributed by atoms with van der Waals surface area (Å²) in [5, 5.41) is 6.27. The Morgan fingerprint density at radius 1 is 0.963 bits per heavy atom. The number of benzene rings is 2. The van der Waals surface area contributed by atoms with Gasteiger partial charge in [0, 0.05) is 18.6 Å². The van der Waals surface area contributed by atoms with Crippen molar-refractivity contribution >= 4 is 18.3 Å². The van der Waals surface area contributed by atoms with Gasteiger partial charge in [-0.25, -0.2) is 0 Å². The van der Waals surface area contributed by atoms with Crippen molar-refractivity contribution in [1.29, 1.82) is 0 Å². The molecular weight excluding hydrogens is 364 g/mol. The fourth-order valence-electron chi connectivity index (χ4n) is 2.49. The normalized spacial score (nSPS) is 10.7. The molecule has 2 aromatic carbocycles. The minimum absolute atomic E-state index is 0. The van der Waals surface area contributed by atoms with Crippen molar-refractivity contribution in [2.24, 2.45) is 0 Å². The van der Waals surface area contributed by atoms with Gasteiger partial charge in [0.05, 0.1) is 7.11 Å². The van der Waals surface area contributed by atoms with Crippen LogP contribution in [0.4, 0.5) is 0 Å². The van der Waals surface area contributed by atoms with E-state index in [1.165, 1.54) is 5.56 Å². The second-order valence-corrected chi connectivity index (χ2v) is 7.16. The molecule has 0 aliphatic carbocycles. The molecule has 0 aliphatic heterocycles. The summed E-state index contributed by atoms with van der Waals surface area (Å²) < 4.78 is 11.0. The van der Waals surface area contributed by atoms with Crippen LogP contribution in [0.2, 0.25) is 0 Å². The second kappa shape index (κ2) is 10.8. The highest BCUT2D eigenvalue weighted by molar-refractivity contribution is 5.85. The van der Waals surface area contributed by atoms with Gasteiger partial charge in [-0.1, -0.05) is 36.4 Å². The number of halogens is 1.